The highest BCUT2D eigenvalue weighted by Crippen LogP contribution is 2.36. The molecule has 4 aromatic rings. The van der Waals surface area contributed by atoms with Crippen molar-refractivity contribution in [1.29, 1.82) is 0 Å². The van der Waals surface area contributed by atoms with Crippen molar-refractivity contribution in [3.05, 3.63) is 41.9 Å². The van der Waals surface area contributed by atoms with Crippen LogP contribution in [0.15, 0.2) is 30.7 Å². The minimum absolute atomic E-state index is 0.388. The summed E-state index contributed by atoms with van der Waals surface area (Å²) in [5.41, 5.74) is 6.81. The number of aromatic nitrogens is 5. The molecule has 0 bridgehead atoms. The van der Waals surface area contributed by atoms with Gasteiger partial charge in [-0.05, 0) is 60.6 Å². The Bertz CT molecular complexity index is 1310. The number of aromatic amines is 1. The summed E-state index contributed by atoms with van der Waals surface area (Å²) in [6, 6.07) is 7.49. The maximum atomic E-state index is 5.56. The molecule has 8 heteroatoms. The molecule has 0 saturated carbocycles. The largest absolute Gasteiger partial charge is 0.381 e. The van der Waals surface area contributed by atoms with Crippen molar-refractivity contribution in [3.8, 4) is 11.1 Å². The topological polar surface area (TPSA) is 74.6 Å². The van der Waals surface area contributed by atoms with Crippen LogP contribution in [0.2, 0.25) is 0 Å². The Morgan fingerprint density at radius 2 is 1.85 bits per heavy atom. The lowest BCUT2D eigenvalue weighted by molar-refractivity contribution is 0.0321. The standard InChI is InChI=1S/C26H33N7O/c1-17(2)21-13-23-24(14-22(21)19-12-18(3)25-27-16-28-33(25)15-19)29-30-26(23)32-8-6-31(7-9-32)20-4-10-34-11-5-20/h12-17,20H,4-11H2,1-3H3,(H,29,30). The summed E-state index contributed by atoms with van der Waals surface area (Å²) < 4.78 is 7.43. The third-order valence-corrected chi connectivity index (χ3v) is 7.53. The van der Waals surface area contributed by atoms with Gasteiger partial charge in [-0.15, -0.1) is 0 Å². The first kappa shape index (κ1) is 21.6. The number of nitrogens with zero attached hydrogens (tertiary/aromatic N) is 6. The number of aryl methyl sites for hydroxylation is 1. The van der Waals surface area contributed by atoms with Crippen LogP contribution >= 0.6 is 0 Å². The number of ether oxygens (including phenoxy) is 1. The molecule has 1 N–H and O–H groups in total. The predicted molar refractivity (Wildman–Crippen MR) is 135 cm³/mol. The molecular formula is C26H33N7O. The van der Waals surface area contributed by atoms with Gasteiger partial charge in [0.25, 0.3) is 0 Å². The normalized spacial score (nSPS) is 18.5. The van der Waals surface area contributed by atoms with Gasteiger partial charge in [0.1, 0.15) is 6.33 Å². The van der Waals surface area contributed by atoms with Crippen LogP contribution in [0.1, 0.15) is 43.7 Å². The monoisotopic (exact) mass is 459 g/mol. The van der Waals surface area contributed by atoms with Gasteiger partial charge in [0.15, 0.2) is 11.5 Å². The van der Waals surface area contributed by atoms with Gasteiger partial charge in [0.05, 0.1) is 5.52 Å². The molecule has 2 aliphatic heterocycles. The van der Waals surface area contributed by atoms with Crippen LogP contribution in [0.4, 0.5) is 5.82 Å². The van der Waals surface area contributed by atoms with E-state index < -0.39 is 0 Å². The second-order valence-electron chi connectivity index (χ2n) is 9.99. The third-order valence-electron chi connectivity index (χ3n) is 7.53. The summed E-state index contributed by atoms with van der Waals surface area (Å²) in [5.74, 6) is 1.47. The number of nitrogens with one attached hydrogen (secondary N) is 1. The van der Waals surface area contributed by atoms with Crippen molar-refractivity contribution in [1.82, 2.24) is 29.7 Å². The first-order chi connectivity index (χ1) is 16.6. The summed E-state index contributed by atoms with van der Waals surface area (Å²) in [5, 5.41) is 13.7. The van der Waals surface area contributed by atoms with Crippen LogP contribution in [-0.4, -0.2) is 75.1 Å². The molecule has 0 amide bonds. The Labute approximate surface area is 199 Å². The van der Waals surface area contributed by atoms with Crippen molar-refractivity contribution in [2.75, 3.05) is 44.3 Å². The van der Waals surface area contributed by atoms with Gasteiger partial charge in [-0.25, -0.2) is 9.50 Å². The van der Waals surface area contributed by atoms with E-state index in [2.05, 4.69) is 70.1 Å². The highest BCUT2D eigenvalue weighted by Gasteiger charge is 2.27. The molecule has 2 saturated heterocycles. The highest BCUT2D eigenvalue weighted by molar-refractivity contribution is 5.94. The van der Waals surface area contributed by atoms with Crippen LogP contribution in [0.25, 0.3) is 27.7 Å². The van der Waals surface area contributed by atoms with E-state index in [1.807, 2.05) is 4.52 Å². The predicted octanol–water partition coefficient (Wildman–Crippen LogP) is 4.01. The van der Waals surface area contributed by atoms with Gasteiger partial charge in [0.2, 0.25) is 0 Å². The molecule has 0 radical (unpaired) electrons. The highest BCUT2D eigenvalue weighted by atomic mass is 16.5. The number of H-pyrrole nitrogens is 1. The quantitative estimate of drug-likeness (QED) is 0.497. The number of benzene rings is 1. The number of rotatable bonds is 4. The second kappa shape index (κ2) is 8.67. The molecule has 0 aliphatic carbocycles. The minimum atomic E-state index is 0.388. The van der Waals surface area contributed by atoms with E-state index in [1.54, 1.807) is 6.33 Å². The smallest absolute Gasteiger partial charge is 0.158 e. The third kappa shape index (κ3) is 3.75. The average molecular weight is 460 g/mol. The van der Waals surface area contributed by atoms with Crippen LogP contribution in [0, 0.1) is 6.92 Å². The first-order valence-corrected chi connectivity index (χ1v) is 12.5. The van der Waals surface area contributed by atoms with E-state index in [0.717, 1.165) is 80.3 Å². The van der Waals surface area contributed by atoms with Crippen molar-refractivity contribution in [3.63, 3.8) is 0 Å². The van der Waals surface area contributed by atoms with E-state index in [1.165, 1.54) is 16.5 Å². The summed E-state index contributed by atoms with van der Waals surface area (Å²) in [7, 11) is 0. The SMILES string of the molecule is Cc1cc(-c2cc3[nH]nc(N4CCN(C5CCOCC5)CC4)c3cc2C(C)C)cn2ncnc12. The van der Waals surface area contributed by atoms with Gasteiger partial charge < -0.3 is 9.64 Å². The maximum Gasteiger partial charge on any atom is 0.158 e. The van der Waals surface area contributed by atoms with Gasteiger partial charge in [-0.2, -0.15) is 10.2 Å². The molecule has 3 aromatic heterocycles. The summed E-state index contributed by atoms with van der Waals surface area (Å²) in [6.07, 6.45) is 6.01. The van der Waals surface area contributed by atoms with Gasteiger partial charge in [-0.3, -0.25) is 10.00 Å². The van der Waals surface area contributed by atoms with Crippen molar-refractivity contribution < 1.29 is 4.74 Å². The Hall–Kier alpha value is -2.97. The molecule has 5 heterocycles. The lowest BCUT2D eigenvalue weighted by Gasteiger charge is -2.40. The maximum absolute atomic E-state index is 5.56. The molecule has 8 nitrogen and oxygen atoms in total. The zero-order chi connectivity index (χ0) is 23.2. The molecule has 2 fully saturated rings. The van der Waals surface area contributed by atoms with Crippen LogP contribution < -0.4 is 4.90 Å². The molecule has 0 spiro atoms. The first-order valence-electron chi connectivity index (χ1n) is 12.5. The van der Waals surface area contributed by atoms with Crippen LogP contribution in [0.3, 0.4) is 0 Å². The summed E-state index contributed by atoms with van der Waals surface area (Å²) in [6.45, 7) is 12.6. The van der Waals surface area contributed by atoms with E-state index in [-0.39, 0.29) is 0 Å². The fourth-order valence-corrected chi connectivity index (χ4v) is 5.63. The molecule has 2 aliphatic rings. The molecule has 1 aromatic carbocycles. The van der Waals surface area contributed by atoms with E-state index in [9.17, 15) is 0 Å². The van der Waals surface area contributed by atoms with E-state index in [0.29, 0.717) is 12.0 Å². The molecule has 0 unspecified atom stereocenters. The molecule has 34 heavy (non-hydrogen) atoms. The number of pyridine rings is 1. The van der Waals surface area contributed by atoms with Crippen LogP contribution in [0.5, 0.6) is 0 Å². The number of hydrogen-bond donors (Lipinski definition) is 1. The number of fused-ring (bicyclic) bond motifs is 2. The average Bonchev–Trinajstić information content (AvgIpc) is 3.51. The number of hydrogen-bond acceptors (Lipinski definition) is 6. The van der Waals surface area contributed by atoms with Crippen LogP contribution in [-0.2, 0) is 4.74 Å². The Morgan fingerprint density at radius 3 is 2.62 bits per heavy atom. The summed E-state index contributed by atoms with van der Waals surface area (Å²) >= 11 is 0. The molecule has 6 rings (SSSR count). The Balaban J connectivity index is 1.32. The fraction of sp³-hybridized carbons (Fsp3) is 0.500. The lowest BCUT2D eigenvalue weighted by atomic mass is 9.91. The Morgan fingerprint density at radius 1 is 1.06 bits per heavy atom. The summed E-state index contributed by atoms with van der Waals surface area (Å²) in [4.78, 5) is 9.47. The van der Waals surface area contributed by atoms with Crippen molar-refractivity contribution >= 4 is 22.4 Å². The molecular weight excluding hydrogens is 426 g/mol. The minimum Gasteiger partial charge on any atom is -0.381 e. The van der Waals surface area contributed by atoms with E-state index >= 15 is 0 Å². The zero-order valence-corrected chi connectivity index (χ0v) is 20.3. The van der Waals surface area contributed by atoms with Crippen molar-refractivity contribution in [2.45, 2.75) is 45.6 Å². The fourth-order valence-electron chi connectivity index (χ4n) is 5.63. The van der Waals surface area contributed by atoms with Crippen molar-refractivity contribution in [2.24, 2.45) is 0 Å². The van der Waals surface area contributed by atoms with E-state index in [4.69, 9.17) is 9.84 Å². The zero-order valence-electron chi connectivity index (χ0n) is 20.3. The second-order valence-corrected chi connectivity index (χ2v) is 9.99. The molecule has 0 atom stereocenters. The lowest BCUT2D eigenvalue weighted by Crippen LogP contribution is -2.51. The number of anilines is 1. The van der Waals surface area contributed by atoms with Gasteiger partial charge in [-0.1, -0.05) is 13.8 Å². The number of piperazine rings is 1. The molecule has 178 valence electrons. The Kier molecular flexibility index (Phi) is 5.50. The van der Waals surface area contributed by atoms with Gasteiger partial charge in [0, 0.05) is 62.6 Å². The van der Waals surface area contributed by atoms with Gasteiger partial charge >= 0.3 is 0 Å².